The Morgan fingerprint density at radius 1 is 1.09 bits per heavy atom. The monoisotopic (exact) mass is 493 g/mol. The lowest BCUT2D eigenvalue weighted by atomic mass is 10.1. The molecular weight excluding hydrogens is 469 g/mol. The van der Waals surface area contributed by atoms with Crippen molar-refractivity contribution in [2.24, 2.45) is 0 Å². The summed E-state index contributed by atoms with van der Waals surface area (Å²) >= 11 is 1.59. The summed E-state index contributed by atoms with van der Waals surface area (Å²) in [5.41, 5.74) is 1.18. The number of nitrogens with zero attached hydrogens (tertiary/aromatic N) is 2. The Morgan fingerprint density at radius 3 is 2.62 bits per heavy atom. The van der Waals surface area contributed by atoms with Crippen LogP contribution in [0.15, 0.2) is 60.0 Å². The van der Waals surface area contributed by atoms with Crippen molar-refractivity contribution in [3.63, 3.8) is 0 Å². The molecule has 1 fully saturated rings. The predicted molar refractivity (Wildman–Crippen MR) is 129 cm³/mol. The van der Waals surface area contributed by atoms with E-state index in [4.69, 9.17) is 0 Å². The fourth-order valence-electron chi connectivity index (χ4n) is 4.01. The summed E-state index contributed by atoms with van der Waals surface area (Å²) in [4.78, 5) is 7.30. The quantitative estimate of drug-likeness (QED) is 0.291. The molecule has 1 aliphatic rings. The van der Waals surface area contributed by atoms with Gasteiger partial charge in [0.25, 0.3) is 0 Å². The summed E-state index contributed by atoms with van der Waals surface area (Å²) in [6, 6.07) is 12.8. The minimum atomic E-state index is -4.51. The van der Waals surface area contributed by atoms with Gasteiger partial charge in [-0.05, 0) is 49.1 Å². The maximum Gasteiger partial charge on any atom is 0.416 e. The molecule has 1 N–H and O–H groups in total. The molecule has 3 aromatic rings. The van der Waals surface area contributed by atoms with Gasteiger partial charge in [-0.15, -0.1) is 11.8 Å². The number of pyridine rings is 1. The summed E-state index contributed by atoms with van der Waals surface area (Å²) < 4.78 is 67.8. The van der Waals surface area contributed by atoms with Crippen LogP contribution in [0.5, 0.6) is 0 Å². The van der Waals surface area contributed by atoms with Crippen molar-refractivity contribution >= 4 is 39.9 Å². The highest BCUT2D eigenvalue weighted by Crippen LogP contribution is 2.36. The highest BCUT2D eigenvalue weighted by Gasteiger charge is 2.33. The van der Waals surface area contributed by atoms with E-state index in [0.717, 1.165) is 22.7 Å². The van der Waals surface area contributed by atoms with Crippen molar-refractivity contribution in [2.75, 3.05) is 29.6 Å². The second kappa shape index (κ2) is 9.44. The van der Waals surface area contributed by atoms with E-state index in [9.17, 15) is 22.0 Å². The first kappa shape index (κ1) is 24.3. The van der Waals surface area contributed by atoms with Crippen molar-refractivity contribution in [1.29, 1.82) is 0 Å². The lowest BCUT2D eigenvalue weighted by molar-refractivity contribution is -0.137. The SMILES string of the molecule is C=C(Nc1cccc(SC)c1)c1cc2ccc(C(F)(F)F)cc2nc1N1CCCC(F)(F)CC1. The zero-order valence-corrected chi connectivity index (χ0v) is 19.4. The van der Waals surface area contributed by atoms with Crippen LogP contribution in [-0.2, 0) is 6.18 Å². The number of thioether (sulfide) groups is 1. The highest BCUT2D eigenvalue weighted by molar-refractivity contribution is 7.98. The molecule has 0 spiro atoms. The Kier molecular flexibility index (Phi) is 6.75. The Balaban J connectivity index is 1.77. The predicted octanol–water partition coefficient (Wildman–Crippen LogP) is 7.68. The van der Waals surface area contributed by atoms with Crippen LogP contribution >= 0.6 is 11.8 Å². The maximum atomic E-state index is 14.0. The van der Waals surface area contributed by atoms with Crippen LogP contribution in [0.2, 0.25) is 0 Å². The molecule has 1 saturated heterocycles. The second-order valence-corrected chi connectivity index (χ2v) is 9.18. The van der Waals surface area contributed by atoms with E-state index in [1.807, 2.05) is 30.5 Å². The number of anilines is 2. The fraction of sp³-hybridized carbons (Fsp3) is 0.320. The molecule has 0 radical (unpaired) electrons. The van der Waals surface area contributed by atoms with E-state index < -0.39 is 17.7 Å². The number of fused-ring (bicyclic) bond motifs is 1. The van der Waals surface area contributed by atoms with Crippen LogP contribution in [0, 0.1) is 0 Å². The van der Waals surface area contributed by atoms with Gasteiger partial charge >= 0.3 is 6.18 Å². The minimum absolute atomic E-state index is 0.0483. The van der Waals surface area contributed by atoms with Gasteiger partial charge in [0.1, 0.15) is 5.82 Å². The standard InChI is InChI=1S/C25H24F5N3S/c1-16(31-19-5-3-6-20(15-19)34-2)21-13-17-7-8-18(25(28,29)30)14-22(17)32-23(21)33-11-4-9-24(26,27)10-12-33/h3,5-8,13-15,31H,1,4,9-12H2,2H3. The molecule has 0 bridgehead atoms. The summed E-state index contributed by atoms with van der Waals surface area (Å²) in [5.74, 6) is -2.43. The number of benzene rings is 2. The van der Waals surface area contributed by atoms with E-state index in [1.54, 1.807) is 22.7 Å². The number of nitrogens with one attached hydrogen (secondary N) is 1. The molecule has 0 amide bonds. The molecule has 0 unspecified atom stereocenters. The molecular formula is C25H24F5N3S. The molecule has 0 aliphatic carbocycles. The third-order valence-electron chi connectivity index (χ3n) is 5.83. The molecule has 0 atom stereocenters. The number of rotatable bonds is 5. The van der Waals surface area contributed by atoms with Gasteiger partial charge in [-0.2, -0.15) is 13.2 Å². The Morgan fingerprint density at radius 2 is 1.88 bits per heavy atom. The number of hydrogen-bond donors (Lipinski definition) is 1. The first-order valence-electron chi connectivity index (χ1n) is 10.8. The minimum Gasteiger partial charge on any atom is -0.356 e. The summed E-state index contributed by atoms with van der Waals surface area (Å²) in [6.07, 6.45) is -2.86. The average molecular weight is 494 g/mol. The molecule has 9 heteroatoms. The van der Waals surface area contributed by atoms with Gasteiger partial charge in [0.05, 0.1) is 11.1 Å². The van der Waals surface area contributed by atoms with E-state index in [0.29, 0.717) is 29.0 Å². The van der Waals surface area contributed by atoms with Gasteiger partial charge < -0.3 is 10.2 Å². The average Bonchev–Trinajstić information content (AvgIpc) is 2.97. The molecule has 180 valence electrons. The van der Waals surface area contributed by atoms with E-state index >= 15 is 0 Å². The van der Waals surface area contributed by atoms with Crippen LogP contribution in [0.4, 0.5) is 33.5 Å². The zero-order chi connectivity index (χ0) is 24.5. The first-order valence-corrected chi connectivity index (χ1v) is 12.0. The van der Waals surface area contributed by atoms with Crippen LogP contribution in [0.1, 0.15) is 30.4 Å². The van der Waals surface area contributed by atoms with Crippen LogP contribution in [-0.4, -0.2) is 30.3 Å². The smallest absolute Gasteiger partial charge is 0.356 e. The van der Waals surface area contributed by atoms with E-state index in [-0.39, 0.29) is 31.3 Å². The molecule has 0 saturated carbocycles. The van der Waals surface area contributed by atoms with Crippen molar-refractivity contribution in [3.05, 3.63) is 66.2 Å². The van der Waals surface area contributed by atoms with Crippen LogP contribution in [0.25, 0.3) is 16.6 Å². The molecule has 1 aliphatic heterocycles. The summed E-state index contributed by atoms with van der Waals surface area (Å²) in [6.45, 7) is 4.51. The molecule has 1 aromatic heterocycles. The van der Waals surface area contributed by atoms with Crippen molar-refractivity contribution in [2.45, 2.75) is 36.3 Å². The number of halogens is 5. The lowest BCUT2D eigenvalue weighted by Crippen LogP contribution is -2.28. The van der Waals surface area contributed by atoms with Gasteiger partial charge in [-0.25, -0.2) is 13.8 Å². The Labute approximate surface area is 199 Å². The van der Waals surface area contributed by atoms with Gasteiger partial charge in [-0.3, -0.25) is 0 Å². The number of hydrogen-bond acceptors (Lipinski definition) is 4. The van der Waals surface area contributed by atoms with E-state index in [2.05, 4.69) is 16.9 Å². The van der Waals surface area contributed by atoms with Crippen LogP contribution < -0.4 is 10.2 Å². The van der Waals surface area contributed by atoms with Gasteiger partial charge in [0.2, 0.25) is 5.92 Å². The molecule has 34 heavy (non-hydrogen) atoms. The second-order valence-electron chi connectivity index (χ2n) is 8.30. The third kappa shape index (κ3) is 5.46. The van der Waals surface area contributed by atoms with Crippen molar-refractivity contribution in [3.8, 4) is 0 Å². The lowest BCUT2D eigenvalue weighted by Gasteiger charge is -2.26. The Bertz CT molecular complexity index is 1210. The fourth-order valence-corrected chi connectivity index (χ4v) is 4.47. The molecule has 4 rings (SSSR count). The first-order chi connectivity index (χ1) is 16.1. The molecule has 2 heterocycles. The Hall–Kier alpha value is -2.81. The van der Waals surface area contributed by atoms with Crippen molar-refractivity contribution in [1.82, 2.24) is 4.98 Å². The normalized spacial score (nSPS) is 16.4. The molecule has 3 nitrogen and oxygen atoms in total. The van der Waals surface area contributed by atoms with Gasteiger partial charge in [0.15, 0.2) is 0 Å². The van der Waals surface area contributed by atoms with E-state index in [1.165, 1.54) is 6.07 Å². The third-order valence-corrected chi connectivity index (χ3v) is 6.56. The number of aromatic nitrogens is 1. The summed E-state index contributed by atoms with van der Waals surface area (Å²) in [5, 5.41) is 3.75. The van der Waals surface area contributed by atoms with Crippen LogP contribution in [0.3, 0.4) is 0 Å². The number of alkyl halides is 5. The molecule has 2 aromatic carbocycles. The largest absolute Gasteiger partial charge is 0.416 e. The zero-order valence-electron chi connectivity index (χ0n) is 18.6. The van der Waals surface area contributed by atoms with Gasteiger partial charge in [0, 0.05) is 53.2 Å². The van der Waals surface area contributed by atoms with Gasteiger partial charge in [-0.1, -0.05) is 18.7 Å². The van der Waals surface area contributed by atoms with Crippen molar-refractivity contribution < 1.29 is 22.0 Å². The topological polar surface area (TPSA) is 28.2 Å². The highest BCUT2D eigenvalue weighted by atomic mass is 32.2. The maximum absolute atomic E-state index is 14.0. The summed E-state index contributed by atoms with van der Waals surface area (Å²) in [7, 11) is 0.